The highest BCUT2D eigenvalue weighted by molar-refractivity contribution is 5.54. The molecule has 0 bridgehead atoms. The van der Waals surface area contributed by atoms with Gasteiger partial charge in [0, 0.05) is 18.7 Å². The fraction of sp³-hybridized carbons (Fsp3) is 0.412. The van der Waals surface area contributed by atoms with Gasteiger partial charge in [-0.3, -0.25) is 0 Å². The Labute approximate surface area is 135 Å². The summed E-state index contributed by atoms with van der Waals surface area (Å²) < 4.78 is 0. The Balaban J connectivity index is 1.56. The predicted octanol–water partition coefficient (Wildman–Crippen LogP) is 1.73. The smallest absolute Gasteiger partial charge is 0.223 e. The van der Waals surface area contributed by atoms with Crippen LogP contribution in [-0.4, -0.2) is 34.2 Å². The largest absolute Gasteiger partial charge is 0.383 e. The van der Waals surface area contributed by atoms with Crippen LogP contribution in [-0.2, 0) is 5.60 Å². The molecule has 2 aromatic rings. The van der Waals surface area contributed by atoms with Crippen molar-refractivity contribution in [2.24, 2.45) is 0 Å². The summed E-state index contributed by atoms with van der Waals surface area (Å²) in [5.41, 5.74) is 5.95. The van der Waals surface area contributed by atoms with E-state index in [1.54, 1.807) is 0 Å². The Morgan fingerprint density at radius 1 is 1.22 bits per heavy atom. The molecule has 1 saturated heterocycles. The van der Waals surface area contributed by atoms with Gasteiger partial charge in [-0.15, -0.1) is 0 Å². The number of hydrogen-bond acceptors (Lipinski definition) is 6. The molecule has 1 aliphatic carbocycles. The minimum absolute atomic E-state index is 0.265. The molecule has 0 unspecified atom stereocenters. The average Bonchev–Trinajstić information content (AvgIpc) is 3.26. The van der Waals surface area contributed by atoms with E-state index >= 15 is 0 Å². The molecule has 2 fully saturated rings. The number of anilines is 3. The first-order valence-corrected chi connectivity index (χ1v) is 8.06. The van der Waals surface area contributed by atoms with Crippen molar-refractivity contribution >= 4 is 17.6 Å². The van der Waals surface area contributed by atoms with Crippen LogP contribution >= 0.6 is 0 Å². The number of aliphatic hydroxyl groups is 1. The van der Waals surface area contributed by atoms with Gasteiger partial charge in [0.15, 0.2) is 0 Å². The number of benzene rings is 1. The van der Waals surface area contributed by atoms with E-state index in [0.717, 1.165) is 23.7 Å². The summed E-state index contributed by atoms with van der Waals surface area (Å²) in [6.07, 6.45) is 3.03. The number of nitrogens with zero attached hydrogens (tertiary/aromatic N) is 3. The molecule has 2 heterocycles. The predicted molar refractivity (Wildman–Crippen MR) is 90.3 cm³/mol. The third kappa shape index (κ3) is 2.94. The van der Waals surface area contributed by atoms with E-state index in [9.17, 15) is 5.11 Å². The Bertz CT molecular complexity index is 703. The molecule has 4 rings (SSSR count). The normalized spacial score (nSPS) is 24.0. The summed E-state index contributed by atoms with van der Waals surface area (Å²) in [4.78, 5) is 10.7. The first-order chi connectivity index (χ1) is 11.1. The van der Waals surface area contributed by atoms with Crippen LogP contribution < -0.4 is 16.0 Å². The quantitative estimate of drug-likeness (QED) is 0.797. The van der Waals surface area contributed by atoms with Crippen molar-refractivity contribution in [2.75, 3.05) is 29.0 Å². The van der Waals surface area contributed by atoms with Gasteiger partial charge in [0.2, 0.25) is 5.95 Å². The summed E-state index contributed by atoms with van der Waals surface area (Å²) in [5.74, 6) is 1.80. The van der Waals surface area contributed by atoms with Gasteiger partial charge in [-0.05, 0) is 24.8 Å². The van der Waals surface area contributed by atoms with Gasteiger partial charge >= 0.3 is 0 Å². The van der Waals surface area contributed by atoms with Crippen LogP contribution in [0.25, 0.3) is 0 Å². The van der Waals surface area contributed by atoms with Crippen molar-refractivity contribution in [3.8, 4) is 0 Å². The van der Waals surface area contributed by atoms with E-state index in [2.05, 4.69) is 20.2 Å². The molecule has 1 saturated carbocycles. The van der Waals surface area contributed by atoms with Crippen LogP contribution in [0.5, 0.6) is 0 Å². The van der Waals surface area contributed by atoms with Gasteiger partial charge in [-0.25, -0.2) is 0 Å². The van der Waals surface area contributed by atoms with Gasteiger partial charge in [-0.2, -0.15) is 9.97 Å². The SMILES string of the molecule is Nc1nc(NC2CC2)cc(N2CC[C@](O)(c3ccccc3)C2)n1. The summed E-state index contributed by atoms with van der Waals surface area (Å²) in [6, 6.07) is 12.2. The monoisotopic (exact) mass is 311 g/mol. The summed E-state index contributed by atoms with van der Waals surface area (Å²) in [7, 11) is 0. The number of nitrogens with two attached hydrogens (primary N) is 1. The molecule has 1 aliphatic heterocycles. The third-order valence-electron chi connectivity index (χ3n) is 4.54. The van der Waals surface area contributed by atoms with Crippen molar-refractivity contribution in [2.45, 2.75) is 30.9 Å². The molecular formula is C17H21N5O. The number of aromatic nitrogens is 2. The van der Waals surface area contributed by atoms with Crippen molar-refractivity contribution < 1.29 is 5.11 Å². The number of nitrogen functional groups attached to an aromatic ring is 1. The van der Waals surface area contributed by atoms with E-state index in [0.29, 0.717) is 19.0 Å². The standard InChI is InChI=1S/C17H21N5O/c18-16-20-14(19-13-6-7-13)10-15(21-16)22-9-8-17(23,11-22)12-4-2-1-3-5-12/h1-5,10,13,23H,6-9,11H2,(H3,18,19,20,21)/t17-/m1/s1. The third-order valence-corrected chi connectivity index (χ3v) is 4.54. The highest BCUT2D eigenvalue weighted by Crippen LogP contribution is 2.35. The molecule has 1 aromatic heterocycles. The number of rotatable bonds is 4. The molecule has 6 heteroatoms. The minimum atomic E-state index is -0.842. The fourth-order valence-corrected chi connectivity index (χ4v) is 3.10. The van der Waals surface area contributed by atoms with Crippen LogP contribution in [0.3, 0.4) is 0 Å². The maximum atomic E-state index is 11.0. The van der Waals surface area contributed by atoms with E-state index in [1.807, 2.05) is 36.4 Å². The van der Waals surface area contributed by atoms with Crippen LogP contribution in [0.2, 0.25) is 0 Å². The maximum absolute atomic E-state index is 11.0. The summed E-state index contributed by atoms with van der Waals surface area (Å²) >= 11 is 0. The molecule has 23 heavy (non-hydrogen) atoms. The van der Waals surface area contributed by atoms with Crippen LogP contribution in [0.15, 0.2) is 36.4 Å². The van der Waals surface area contributed by atoms with E-state index < -0.39 is 5.60 Å². The molecule has 6 nitrogen and oxygen atoms in total. The molecule has 120 valence electrons. The van der Waals surface area contributed by atoms with Crippen LogP contribution in [0.4, 0.5) is 17.6 Å². The first kappa shape index (κ1) is 14.3. The number of hydrogen-bond donors (Lipinski definition) is 3. The maximum Gasteiger partial charge on any atom is 0.223 e. The lowest BCUT2D eigenvalue weighted by Crippen LogP contribution is -2.31. The Morgan fingerprint density at radius 2 is 2.00 bits per heavy atom. The van der Waals surface area contributed by atoms with E-state index in [1.165, 1.54) is 12.8 Å². The minimum Gasteiger partial charge on any atom is -0.383 e. The first-order valence-electron chi connectivity index (χ1n) is 8.06. The van der Waals surface area contributed by atoms with Gasteiger partial charge in [0.1, 0.15) is 17.2 Å². The summed E-state index contributed by atoms with van der Waals surface area (Å²) in [5, 5.41) is 14.3. The average molecular weight is 311 g/mol. The zero-order valence-electron chi connectivity index (χ0n) is 12.9. The zero-order chi connectivity index (χ0) is 15.9. The van der Waals surface area contributed by atoms with Crippen molar-refractivity contribution in [3.63, 3.8) is 0 Å². The molecule has 0 radical (unpaired) electrons. The molecule has 1 aromatic carbocycles. The lowest BCUT2D eigenvalue weighted by molar-refractivity contribution is 0.0606. The Hall–Kier alpha value is -2.34. The molecule has 1 atom stereocenters. The summed E-state index contributed by atoms with van der Waals surface area (Å²) in [6.45, 7) is 1.25. The van der Waals surface area contributed by atoms with Gasteiger partial charge in [-0.1, -0.05) is 30.3 Å². The molecule has 0 amide bonds. The topological polar surface area (TPSA) is 87.3 Å². The zero-order valence-corrected chi connectivity index (χ0v) is 12.9. The molecule has 4 N–H and O–H groups in total. The Kier molecular flexibility index (Phi) is 3.34. The highest BCUT2D eigenvalue weighted by Gasteiger charge is 2.38. The second kappa shape index (κ2) is 5.38. The Morgan fingerprint density at radius 3 is 2.74 bits per heavy atom. The van der Waals surface area contributed by atoms with Crippen LogP contribution in [0.1, 0.15) is 24.8 Å². The van der Waals surface area contributed by atoms with E-state index in [-0.39, 0.29) is 5.95 Å². The van der Waals surface area contributed by atoms with Gasteiger partial charge in [0.25, 0.3) is 0 Å². The van der Waals surface area contributed by atoms with Crippen molar-refractivity contribution in [3.05, 3.63) is 42.0 Å². The van der Waals surface area contributed by atoms with Crippen molar-refractivity contribution in [1.82, 2.24) is 9.97 Å². The molecule has 0 spiro atoms. The second-order valence-electron chi connectivity index (χ2n) is 6.46. The van der Waals surface area contributed by atoms with E-state index in [4.69, 9.17) is 5.73 Å². The number of nitrogens with one attached hydrogen (secondary N) is 1. The van der Waals surface area contributed by atoms with Gasteiger partial charge in [0.05, 0.1) is 6.54 Å². The lowest BCUT2D eigenvalue weighted by atomic mass is 9.93. The fourth-order valence-electron chi connectivity index (χ4n) is 3.10. The van der Waals surface area contributed by atoms with Crippen LogP contribution in [0, 0.1) is 0 Å². The number of β-amino-alcohol motifs (C(OH)–C–C–N with tert-alkyl or cyclic N) is 1. The molecule has 2 aliphatic rings. The van der Waals surface area contributed by atoms with Crippen molar-refractivity contribution in [1.29, 1.82) is 0 Å². The molecular weight excluding hydrogens is 290 g/mol. The lowest BCUT2D eigenvalue weighted by Gasteiger charge is -2.24. The second-order valence-corrected chi connectivity index (χ2v) is 6.46. The van der Waals surface area contributed by atoms with Gasteiger partial charge < -0.3 is 21.1 Å². The highest BCUT2D eigenvalue weighted by atomic mass is 16.3.